The van der Waals surface area contributed by atoms with Crippen molar-refractivity contribution in [3.63, 3.8) is 0 Å². The highest BCUT2D eigenvalue weighted by Gasteiger charge is 2.47. The predicted octanol–water partition coefficient (Wildman–Crippen LogP) is 3.06. The van der Waals surface area contributed by atoms with Crippen LogP contribution >= 0.6 is 9.24 Å². The van der Waals surface area contributed by atoms with E-state index in [9.17, 15) is 14.7 Å². The minimum absolute atomic E-state index is 0.00411. The van der Waals surface area contributed by atoms with Crippen molar-refractivity contribution < 1.29 is 33.3 Å². The molecule has 9 heteroatoms. The molecule has 162 valence electrons. The van der Waals surface area contributed by atoms with Crippen molar-refractivity contribution in [3.8, 4) is 17.2 Å². The van der Waals surface area contributed by atoms with Gasteiger partial charge in [0.2, 0.25) is 11.7 Å². The van der Waals surface area contributed by atoms with E-state index in [1.807, 2.05) is 0 Å². The van der Waals surface area contributed by atoms with E-state index >= 15 is 0 Å². The molecule has 1 fully saturated rings. The number of ketones is 1. The first-order valence-corrected chi connectivity index (χ1v) is 10.8. The number of phenolic OH excluding ortho intramolecular Hbond substituents is 1. The number of benzene rings is 2. The largest absolute Gasteiger partial charge is 0.507 e. The molecule has 1 saturated heterocycles. The highest BCUT2D eigenvalue weighted by atomic mass is 31.0. The summed E-state index contributed by atoms with van der Waals surface area (Å²) in [6, 6.07) is 6.32. The van der Waals surface area contributed by atoms with Crippen LogP contribution in [0.4, 0.5) is 0 Å². The molecule has 1 aromatic heterocycles. The third-order valence-corrected chi connectivity index (χ3v) is 5.95. The molecule has 4 atom stereocenters. The number of fused-ring (bicyclic) bond motifs is 6. The van der Waals surface area contributed by atoms with Gasteiger partial charge in [-0.15, -0.1) is 9.24 Å². The Hall–Kier alpha value is -2.67. The van der Waals surface area contributed by atoms with E-state index in [2.05, 4.69) is 9.24 Å². The van der Waals surface area contributed by atoms with Crippen LogP contribution in [-0.2, 0) is 14.3 Å². The molecule has 1 N–H and O–H groups in total. The van der Waals surface area contributed by atoms with Gasteiger partial charge >= 0.3 is 0 Å². The number of hydrogen-bond donors (Lipinski definition) is 1. The fourth-order valence-corrected chi connectivity index (χ4v) is 4.58. The molecule has 4 unspecified atom stereocenters. The van der Waals surface area contributed by atoms with Crippen molar-refractivity contribution in [2.24, 2.45) is 0 Å². The third kappa shape index (κ3) is 3.26. The highest BCUT2D eigenvalue weighted by Crippen LogP contribution is 2.51. The lowest BCUT2D eigenvalue weighted by Crippen LogP contribution is -2.21. The van der Waals surface area contributed by atoms with Gasteiger partial charge in [-0.1, -0.05) is 6.07 Å². The van der Waals surface area contributed by atoms with Gasteiger partial charge < -0.3 is 28.5 Å². The Kier molecular flexibility index (Phi) is 5.08. The zero-order valence-corrected chi connectivity index (χ0v) is 17.9. The van der Waals surface area contributed by atoms with Gasteiger partial charge in [0.05, 0.1) is 13.0 Å². The number of ether oxygens (including phenoxy) is 4. The minimum Gasteiger partial charge on any atom is -0.507 e. The fraction of sp³-hybridized carbons (Fsp3) is 0.364. The molecule has 0 amide bonds. The first-order valence-electron chi connectivity index (χ1n) is 9.96. The monoisotopic (exact) mass is 444 g/mol. The Morgan fingerprint density at radius 3 is 2.94 bits per heavy atom. The molecule has 3 aromatic rings. The molecule has 2 aliphatic heterocycles. The van der Waals surface area contributed by atoms with Crippen LogP contribution in [0.1, 0.15) is 24.3 Å². The van der Waals surface area contributed by atoms with Crippen LogP contribution in [0.15, 0.2) is 33.5 Å². The number of aromatic hydroxyl groups is 1. The van der Waals surface area contributed by atoms with E-state index in [1.165, 1.54) is 13.2 Å². The number of Topliss-reactive ketones (excluding diaryl/α,β-unsaturated/α-hetero) is 1. The second-order valence-electron chi connectivity index (χ2n) is 7.56. The quantitative estimate of drug-likeness (QED) is 0.457. The molecular weight excluding hydrogens is 423 g/mol. The smallest absolute Gasteiger partial charge is 0.209 e. The highest BCUT2D eigenvalue weighted by molar-refractivity contribution is 7.16. The number of phenols is 1. The topological polar surface area (TPSA) is 104 Å². The maximum absolute atomic E-state index is 13.2. The van der Waals surface area contributed by atoms with E-state index in [-0.39, 0.29) is 45.8 Å². The molecule has 3 heterocycles. The molecule has 0 radical (unpaired) electrons. The lowest BCUT2D eigenvalue weighted by molar-refractivity contribution is -0.178. The molecule has 0 bridgehead atoms. The lowest BCUT2D eigenvalue weighted by Gasteiger charge is -2.15. The van der Waals surface area contributed by atoms with Gasteiger partial charge in [0.1, 0.15) is 45.8 Å². The average Bonchev–Trinajstić information content (AvgIpc) is 3.28. The van der Waals surface area contributed by atoms with Crippen LogP contribution < -0.4 is 14.9 Å². The van der Waals surface area contributed by atoms with Crippen molar-refractivity contribution in [1.29, 1.82) is 0 Å². The molecule has 5 rings (SSSR count). The van der Waals surface area contributed by atoms with Crippen LogP contribution in [0.5, 0.6) is 17.2 Å². The zero-order chi connectivity index (χ0) is 21.7. The Labute approximate surface area is 179 Å². The molecule has 0 spiro atoms. The van der Waals surface area contributed by atoms with Crippen LogP contribution in [0, 0.1) is 0 Å². The molecule has 0 saturated carbocycles. The number of methoxy groups -OCH3 is 1. The summed E-state index contributed by atoms with van der Waals surface area (Å²) >= 11 is 0. The van der Waals surface area contributed by atoms with Crippen LogP contribution in [0.3, 0.4) is 0 Å². The molecule has 2 aliphatic rings. The van der Waals surface area contributed by atoms with Gasteiger partial charge in [0.25, 0.3) is 0 Å². The number of hydrogen-bond acceptors (Lipinski definition) is 8. The second kappa shape index (κ2) is 7.79. The van der Waals surface area contributed by atoms with E-state index < -0.39 is 12.6 Å². The number of carbonyl (C=O) groups is 1. The van der Waals surface area contributed by atoms with E-state index in [1.54, 1.807) is 18.2 Å². The summed E-state index contributed by atoms with van der Waals surface area (Å²) in [4.78, 5) is 25.0. The van der Waals surface area contributed by atoms with E-state index in [4.69, 9.17) is 23.4 Å². The van der Waals surface area contributed by atoms with Crippen molar-refractivity contribution in [3.05, 3.63) is 40.1 Å². The number of rotatable bonds is 6. The molecule has 8 nitrogen and oxygen atoms in total. The summed E-state index contributed by atoms with van der Waals surface area (Å²) in [5.41, 5.74) is 0.928. The Morgan fingerprint density at radius 2 is 2.16 bits per heavy atom. The summed E-state index contributed by atoms with van der Waals surface area (Å²) in [6.45, 7) is -0.0201. The van der Waals surface area contributed by atoms with E-state index in [0.29, 0.717) is 41.6 Å². The number of carbonyl (C=O) groups excluding carboxylic acids is 1. The fourth-order valence-electron chi connectivity index (χ4n) is 4.26. The summed E-state index contributed by atoms with van der Waals surface area (Å²) < 4.78 is 29.0. The van der Waals surface area contributed by atoms with Crippen LogP contribution in [0.2, 0.25) is 0 Å². The molecule has 31 heavy (non-hydrogen) atoms. The van der Waals surface area contributed by atoms with Crippen molar-refractivity contribution in [2.45, 2.75) is 31.3 Å². The summed E-state index contributed by atoms with van der Waals surface area (Å²) in [6.07, 6.45) is 0.363. The minimum atomic E-state index is -0.614. The lowest BCUT2D eigenvalue weighted by atomic mass is 9.95. The van der Waals surface area contributed by atoms with Gasteiger partial charge in [0.15, 0.2) is 12.1 Å². The Bertz CT molecular complexity index is 1250. The maximum atomic E-state index is 13.2. The SMILES string of the molecule is COc1cc2c(c3oc4cccc(O)c4c(=O)c13)C1CC(OCC(=O)CCP)OC1O2. The summed E-state index contributed by atoms with van der Waals surface area (Å²) in [7, 11) is 3.97. The van der Waals surface area contributed by atoms with Crippen molar-refractivity contribution >= 4 is 37.0 Å². The van der Waals surface area contributed by atoms with Gasteiger partial charge in [-0.2, -0.15) is 0 Å². The van der Waals surface area contributed by atoms with Gasteiger partial charge in [-0.25, -0.2) is 0 Å². The Balaban J connectivity index is 1.58. The van der Waals surface area contributed by atoms with E-state index in [0.717, 1.165) is 0 Å². The van der Waals surface area contributed by atoms with Gasteiger partial charge in [-0.05, 0) is 18.3 Å². The molecular formula is C22H21O8P. The van der Waals surface area contributed by atoms with Crippen LogP contribution in [0.25, 0.3) is 21.9 Å². The van der Waals surface area contributed by atoms with Crippen molar-refractivity contribution in [1.82, 2.24) is 0 Å². The molecule has 0 aliphatic carbocycles. The molecule has 2 aromatic carbocycles. The second-order valence-corrected chi connectivity index (χ2v) is 8.14. The summed E-state index contributed by atoms with van der Waals surface area (Å²) in [5.74, 6) is 0.424. The average molecular weight is 444 g/mol. The summed E-state index contributed by atoms with van der Waals surface area (Å²) in [5, 5.41) is 10.5. The first kappa shape index (κ1) is 20.2. The maximum Gasteiger partial charge on any atom is 0.209 e. The standard InChI is InChI=1S/C22H21O8P/c1-26-14-8-15-17(11-7-16(30-22(11)29-15)27-9-10(23)5-6-31)21-19(14)20(25)18-12(24)3-2-4-13(18)28-21/h2-4,8,11,16,22,24H,5-7,9,31H2,1H3. The van der Waals surface area contributed by atoms with Crippen molar-refractivity contribution in [2.75, 3.05) is 19.9 Å². The van der Waals surface area contributed by atoms with Gasteiger partial charge in [-0.3, -0.25) is 9.59 Å². The zero-order valence-electron chi connectivity index (χ0n) is 16.8. The third-order valence-electron chi connectivity index (χ3n) is 5.66. The van der Waals surface area contributed by atoms with Gasteiger partial charge in [0, 0.05) is 24.5 Å². The first-order chi connectivity index (χ1) is 15.0. The Morgan fingerprint density at radius 1 is 1.32 bits per heavy atom. The predicted molar refractivity (Wildman–Crippen MR) is 115 cm³/mol. The normalized spacial score (nSPS) is 21.8. The van der Waals surface area contributed by atoms with Crippen LogP contribution in [-0.4, -0.2) is 43.3 Å².